The van der Waals surface area contributed by atoms with Crippen LogP contribution in [0, 0.1) is 3.57 Å². The molecule has 1 aliphatic heterocycles. The lowest BCUT2D eigenvalue weighted by molar-refractivity contribution is 0.122. The Bertz CT molecular complexity index is 1090. The van der Waals surface area contributed by atoms with E-state index in [0.717, 1.165) is 9.26 Å². The van der Waals surface area contributed by atoms with Crippen molar-refractivity contribution in [2.75, 3.05) is 31.2 Å². The van der Waals surface area contributed by atoms with Crippen LogP contribution in [-0.4, -0.2) is 44.7 Å². The standard InChI is InChI=1S/C15H15ClN2O3S.C5H2Cl2IN/c16-14-10-12(18-6-8-21-9-7-18)11-15(17-14)22(19,20)13-4-2-1-3-5-13;6-4-1-3(8)2-5(7)9-4/h1-5,10-11H,6-9H2;1-2H. The van der Waals surface area contributed by atoms with Crippen LogP contribution in [0.4, 0.5) is 5.69 Å². The maximum atomic E-state index is 12.7. The highest BCUT2D eigenvalue weighted by Gasteiger charge is 2.22. The fraction of sp³-hybridized carbons (Fsp3) is 0.200. The molecule has 0 saturated carbocycles. The molecule has 0 unspecified atom stereocenters. The molecule has 1 aromatic carbocycles. The minimum Gasteiger partial charge on any atom is -0.378 e. The minimum absolute atomic E-state index is 0.0345. The average molecular weight is 613 g/mol. The highest BCUT2D eigenvalue weighted by molar-refractivity contribution is 14.1. The first-order valence-corrected chi connectivity index (χ1v) is 12.7. The third kappa shape index (κ3) is 6.90. The van der Waals surface area contributed by atoms with Gasteiger partial charge in [-0.3, -0.25) is 0 Å². The van der Waals surface area contributed by atoms with Gasteiger partial charge in [0, 0.05) is 22.3 Å². The highest BCUT2D eigenvalue weighted by atomic mass is 127. The zero-order valence-corrected chi connectivity index (χ0v) is 21.3. The molecule has 0 atom stereocenters. The Morgan fingerprint density at radius 1 is 0.871 bits per heavy atom. The van der Waals surface area contributed by atoms with Crippen LogP contribution in [0.3, 0.4) is 0 Å². The fourth-order valence-electron chi connectivity index (χ4n) is 2.76. The number of ether oxygens (including phenoxy) is 1. The fourth-order valence-corrected chi connectivity index (χ4v) is 5.68. The second-order valence-electron chi connectivity index (χ2n) is 6.33. The number of benzene rings is 1. The van der Waals surface area contributed by atoms with E-state index >= 15 is 0 Å². The highest BCUT2D eigenvalue weighted by Crippen LogP contribution is 2.26. The number of hydrogen-bond acceptors (Lipinski definition) is 6. The molecule has 1 aliphatic rings. The first kappa shape index (κ1) is 24.5. The Hall–Kier alpha value is -1.17. The number of morpholine rings is 1. The van der Waals surface area contributed by atoms with E-state index in [-0.39, 0.29) is 15.1 Å². The number of nitrogens with zero attached hydrogens (tertiary/aromatic N) is 3. The second-order valence-corrected chi connectivity index (χ2v) is 10.6. The summed E-state index contributed by atoms with van der Waals surface area (Å²) in [4.78, 5) is 10.0. The zero-order valence-electron chi connectivity index (χ0n) is 16.0. The van der Waals surface area contributed by atoms with Crippen LogP contribution in [-0.2, 0) is 14.6 Å². The Kier molecular flexibility index (Phi) is 8.77. The first-order chi connectivity index (χ1) is 14.8. The van der Waals surface area contributed by atoms with Crippen LogP contribution in [0.2, 0.25) is 15.5 Å². The molecule has 0 radical (unpaired) electrons. The van der Waals surface area contributed by atoms with Crippen LogP contribution < -0.4 is 4.90 Å². The van der Waals surface area contributed by atoms with Crippen molar-refractivity contribution in [3.63, 3.8) is 0 Å². The van der Waals surface area contributed by atoms with Gasteiger partial charge in [0.15, 0.2) is 5.03 Å². The van der Waals surface area contributed by atoms with Gasteiger partial charge in [0.05, 0.1) is 18.1 Å². The van der Waals surface area contributed by atoms with Crippen LogP contribution in [0.1, 0.15) is 0 Å². The molecule has 4 rings (SSSR count). The zero-order chi connectivity index (χ0) is 22.4. The molecular weight excluding hydrogens is 596 g/mol. The van der Waals surface area contributed by atoms with Gasteiger partial charge < -0.3 is 9.64 Å². The van der Waals surface area contributed by atoms with E-state index in [4.69, 9.17) is 39.5 Å². The van der Waals surface area contributed by atoms with E-state index in [0.29, 0.717) is 36.6 Å². The predicted molar refractivity (Wildman–Crippen MR) is 131 cm³/mol. The normalized spacial score (nSPS) is 14.0. The topological polar surface area (TPSA) is 72.4 Å². The SMILES string of the molecule is Clc1cc(I)cc(Cl)n1.O=S(=O)(c1ccccc1)c1cc(N2CCOCC2)cc(Cl)n1. The molecule has 0 bridgehead atoms. The van der Waals surface area contributed by atoms with Gasteiger partial charge in [-0.05, 0) is 59.0 Å². The van der Waals surface area contributed by atoms with Crippen LogP contribution >= 0.6 is 57.4 Å². The number of hydrogen-bond donors (Lipinski definition) is 0. The Labute approximate surface area is 209 Å². The summed E-state index contributed by atoms with van der Waals surface area (Å²) in [6, 6.07) is 15.0. The summed E-state index contributed by atoms with van der Waals surface area (Å²) in [5.74, 6) is 0. The minimum atomic E-state index is -3.68. The van der Waals surface area contributed by atoms with Gasteiger partial charge in [-0.2, -0.15) is 0 Å². The van der Waals surface area contributed by atoms with Crippen molar-refractivity contribution >= 4 is 72.9 Å². The average Bonchev–Trinajstić information content (AvgIpc) is 2.74. The summed E-state index contributed by atoms with van der Waals surface area (Å²) in [6.07, 6.45) is 0. The van der Waals surface area contributed by atoms with Crippen LogP contribution in [0.25, 0.3) is 0 Å². The van der Waals surface area contributed by atoms with E-state index in [1.807, 2.05) is 4.90 Å². The summed E-state index contributed by atoms with van der Waals surface area (Å²) in [5.41, 5.74) is 0.748. The molecule has 0 spiro atoms. The van der Waals surface area contributed by atoms with Gasteiger partial charge in [-0.25, -0.2) is 18.4 Å². The van der Waals surface area contributed by atoms with Gasteiger partial charge >= 0.3 is 0 Å². The molecule has 0 amide bonds. The van der Waals surface area contributed by atoms with Crippen molar-refractivity contribution in [1.82, 2.24) is 9.97 Å². The van der Waals surface area contributed by atoms with E-state index in [1.165, 1.54) is 0 Å². The van der Waals surface area contributed by atoms with Crippen LogP contribution in [0.15, 0.2) is 64.5 Å². The summed E-state index contributed by atoms with van der Waals surface area (Å²) >= 11 is 19.3. The van der Waals surface area contributed by atoms with Crippen molar-refractivity contribution in [3.05, 3.63) is 73.6 Å². The van der Waals surface area contributed by atoms with Crippen LogP contribution in [0.5, 0.6) is 0 Å². The largest absolute Gasteiger partial charge is 0.378 e. The smallest absolute Gasteiger partial charge is 0.223 e. The summed E-state index contributed by atoms with van der Waals surface area (Å²) in [6.45, 7) is 2.62. The number of rotatable bonds is 3. The van der Waals surface area contributed by atoms with Crippen molar-refractivity contribution in [3.8, 4) is 0 Å². The van der Waals surface area contributed by atoms with Gasteiger partial charge in [-0.1, -0.05) is 53.0 Å². The lowest BCUT2D eigenvalue weighted by atomic mass is 10.3. The molecule has 1 saturated heterocycles. The van der Waals surface area contributed by atoms with Gasteiger partial charge in [0.2, 0.25) is 9.84 Å². The molecule has 31 heavy (non-hydrogen) atoms. The molecule has 11 heteroatoms. The molecule has 1 fully saturated rings. The van der Waals surface area contributed by atoms with E-state index < -0.39 is 9.84 Å². The van der Waals surface area contributed by atoms with E-state index in [1.54, 1.807) is 54.6 Å². The summed E-state index contributed by atoms with van der Waals surface area (Å²) in [7, 11) is -3.68. The number of anilines is 1. The summed E-state index contributed by atoms with van der Waals surface area (Å²) in [5, 5.41) is 1.00. The lowest BCUT2D eigenvalue weighted by Gasteiger charge is -2.29. The number of halogens is 4. The van der Waals surface area contributed by atoms with Crippen molar-refractivity contribution in [2.45, 2.75) is 9.92 Å². The van der Waals surface area contributed by atoms with Crippen molar-refractivity contribution in [2.24, 2.45) is 0 Å². The number of sulfone groups is 1. The Morgan fingerprint density at radius 3 is 2.03 bits per heavy atom. The molecule has 2 aromatic heterocycles. The first-order valence-electron chi connectivity index (χ1n) is 9.05. The second kappa shape index (κ2) is 11.1. The maximum Gasteiger partial charge on any atom is 0.223 e. The van der Waals surface area contributed by atoms with E-state index in [9.17, 15) is 8.42 Å². The molecule has 6 nitrogen and oxygen atoms in total. The molecule has 3 heterocycles. The molecule has 0 N–H and O–H groups in total. The summed E-state index contributed by atoms with van der Waals surface area (Å²) < 4.78 is 31.6. The molecule has 3 aromatic rings. The quantitative estimate of drug-likeness (QED) is 0.292. The third-order valence-electron chi connectivity index (χ3n) is 4.19. The van der Waals surface area contributed by atoms with Crippen molar-refractivity contribution < 1.29 is 13.2 Å². The Morgan fingerprint density at radius 2 is 1.45 bits per heavy atom. The molecular formula is C20H17Cl3IN3O3S. The van der Waals surface area contributed by atoms with Crippen molar-refractivity contribution in [1.29, 1.82) is 0 Å². The monoisotopic (exact) mass is 611 g/mol. The van der Waals surface area contributed by atoms with Gasteiger partial charge in [0.1, 0.15) is 15.5 Å². The Balaban J connectivity index is 0.000000254. The van der Waals surface area contributed by atoms with Gasteiger partial charge in [-0.15, -0.1) is 0 Å². The maximum absolute atomic E-state index is 12.7. The third-order valence-corrected chi connectivity index (χ3v) is 7.04. The van der Waals surface area contributed by atoms with E-state index in [2.05, 4.69) is 32.6 Å². The predicted octanol–water partition coefficient (Wildman–Crippen LogP) is 5.40. The lowest BCUT2D eigenvalue weighted by Crippen LogP contribution is -2.36. The molecule has 164 valence electrons. The number of pyridine rings is 2. The number of aromatic nitrogens is 2. The van der Waals surface area contributed by atoms with Gasteiger partial charge in [0.25, 0.3) is 0 Å². The molecule has 0 aliphatic carbocycles.